The molecule has 1 saturated heterocycles. The molecule has 2 atom stereocenters. The van der Waals surface area contributed by atoms with E-state index in [0.717, 1.165) is 56.1 Å². The Balaban J connectivity index is 0.713. The number of H-pyrrole nitrogens is 1. The number of carbonyl (C=O) groups is 3. The standard InChI is InChI=1S/C45H57N15O7/c1-27-20-35-39(40(46)53-27)57-45(65)60(35)25-29-5-11-36(51-21-29)48-13-16-59-15-3-4-30(24-59)26-67-19-18-66-17-14-49-37(61)12-10-34(43(63)64)56-42(62)31-6-8-32(9-7-31)50-22-33-23-52-41-38(55-33)28(2)54-44(47)58-41/h5-9,11,20-21,23,30,34,50H,2-4,10,12-19,22,24-26H2,1H3,(H2,46,53)(H,48,51)(H,49,61)(H,56,62)(H,57,65)(H,63,64)(H3,47,52,54,58)/t30?,34-/m0/s1. The molecule has 0 bridgehead atoms. The van der Waals surface area contributed by atoms with E-state index in [0.29, 0.717) is 84.3 Å². The molecular weight excluding hydrogens is 863 g/mol. The number of guanidine groups is 1. The topological polar surface area (TPSA) is 307 Å². The van der Waals surface area contributed by atoms with Crippen LogP contribution in [-0.4, -0.2) is 128 Å². The summed E-state index contributed by atoms with van der Waals surface area (Å²) in [6.07, 6.45) is 5.35. The number of benzene rings is 1. The highest BCUT2D eigenvalue weighted by atomic mass is 16.5. The van der Waals surface area contributed by atoms with E-state index in [9.17, 15) is 24.3 Å². The van der Waals surface area contributed by atoms with Gasteiger partial charge in [-0.05, 0) is 80.6 Å². The number of likely N-dealkylation sites (tertiary alicyclic amines) is 1. The minimum Gasteiger partial charge on any atom is -0.480 e. The van der Waals surface area contributed by atoms with Crippen LogP contribution in [0, 0.1) is 12.8 Å². The Labute approximate surface area is 386 Å². The summed E-state index contributed by atoms with van der Waals surface area (Å²) >= 11 is 0. The molecule has 11 N–H and O–H groups in total. The fourth-order valence-corrected chi connectivity index (χ4v) is 7.77. The molecule has 67 heavy (non-hydrogen) atoms. The molecule has 1 fully saturated rings. The number of hydrogen-bond donors (Lipinski definition) is 9. The second kappa shape index (κ2) is 22.7. The van der Waals surface area contributed by atoms with Crippen LogP contribution in [-0.2, 0) is 32.2 Å². The number of carbonyl (C=O) groups excluding carboxylic acids is 2. The Hall–Kier alpha value is -7.43. The molecule has 2 aliphatic heterocycles. The van der Waals surface area contributed by atoms with Gasteiger partial charge in [-0.1, -0.05) is 12.6 Å². The van der Waals surface area contributed by atoms with Gasteiger partial charge in [0.1, 0.15) is 28.9 Å². The fourth-order valence-electron chi connectivity index (χ4n) is 7.77. The maximum absolute atomic E-state index is 12.9. The lowest BCUT2D eigenvalue weighted by Crippen LogP contribution is -2.41. The number of pyridine rings is 2. The summed E-state index contributed by atoms with van der Waals surface area (Å²) < 4.78 is 13.2. The van der Waals surface area contributed by atoms with Gasteiger partial charge >= 0.3 is 11.7 Å². The van der Waals surface area contributed by atoms with Crippen LogP contribution in [0.25, 0.3) is 16.7 Å². The van der Waals surface area contributed by atoms with E-state index in [1.54, 1.807) is 41.2 Å². The van der Waals surface area contributed by atoms with Crippen molar-refractivity contribution in [2.24, 2.45) is 16.6 Å². The van der Waals surface area contributed by atoms with Crippen molar-refractivity contribution in [2.75, 3.05) is 75.5 Å². The minimum absolute atomic E-state index is 0.0861. The molecule has 0 saturated carbocycles. The van der Waals surface area contributed by atoms with Crippen LogP contribution in [0.1, 0.15) is 58.7 Å². The summed E-state index contributed by atoms with van der Waals surface area (Å²) in [7, 11) is 0. The van der Waals surface area contributed by atoms with E-state index in [4.69, 9.17) is 20.9 Å². The number of ether oxygens (including phenoxy) is 2. The number of amides is 2. The molecule has 6 heterocycles. The number of nitrogens with two attached hydrogens (primary N) is 2. The van der Waals surface area contributed by atoms with Gasteiger partial charge in [-0.3, -0.25) is 14.2 Å². The molecule has 1 unspecified atom stereocenters. The van der Waals surface area contributed by atoms with E-state index in [1.165, 1.54) is 0 Å². The maximum Gasteiger partial charge on any atom is 0.326 e. The average Bonchev–Trinajstić information content (AvgIpc) is 3.62. The van der Waals surface area contributed by atoms with Crippen molar-refractivity contribution in [1.29, 1.82) is 0 Å². The summed E-state index contributed by atoms with van der Waals surface area (Å²) in [6.45, 7) is 12.0. The van der Waals surface area contributed by atoms with Gasteiger partial charge in [0.05, 0.1) is 62.6 Å². The third-order valence-electron chi connectivity index (χ3n) is 11.2. The summed E-state index contributed by atoms with van der Waals surface area (Å²) in [5.74, 6) is -0.106. The van der Waals surface area contributed by atoms with Crippen LogP contribution >= 0.6 is 0 Å². The van der Waals surface area contributed by atoms with E-state index in [2.05, 4.69) is 68.0 Å². The van der Waals surface area contributed by atoms with Crippen LogP contribution < -0.4 is 43.7 Å². The molecule has 5 aromatic rings. The van der Waals surface area contributed by atoms with Gasteiger partial charge in [-0.2, -0.15) is 4.99 Å². The number of nitrogens with one attached hydrogen (secondary N) is 6. The largest absolute Gasteiger partial charge is 0.480 e. The summed E-state index contributed by atoms with van der Waals surface area (Å²) in [6, 6.07) is 11.0. The monoisotopic (exact) mass is 919 g/mol. The first-order valence-corrected chi connectivity index (χ1v) is 22.1. The minimum atomic E-state index is -1.26. The number of nitrogens with zero attached hydrogens (tertiary/aromatic N) is 7. The lowest BCUT2D eigenvalue weighted by molar-refractivity contribution is -0.139. The van der Waals surface area contributed by atoms with Gasteiger partial charge in [-0.25, -0.2) is 29.5 Å². The zero-order chi connectivity index (χ0) is 47.3. The number of aromatic nitrogens is 6. The molecule has 4 aromatic heterocycles. The number of anilines is 3. The molecule has 0 spiro atoms. The Morgan fingerprint density at radius 1 is 1.01 bits per heavy atom. The average molecular weight is 920 g/mol. The molecule has 354 valence electrons. The van der Waals surface area contributed by atoms with Crippen molar-refractivity contribution in [3.63, 3.8) is 0 Å². The Morgan fingerprint density at radius 3 is 2.63 bits per heavy atom. The van der Waals surface area contributed by atoms with Gasteiger partial charge in [-0.15, -0.1) is 0 Å². The van der Waals surface area contributed by atoms with Crippen molar-refractivity contribution in [2.45, 2.75) is 51.7 Å². The number of hydrogen-bond acceptors (Lipinski definition) is 17. The zero-order valence-electron chi connectivity index (χ0n) is 37.3. The molecule has 22 heteroatoms. The summed E-state index contributed by atoms with van der Waals surface area (Å²) in [4.78, 5) is 76.8. The smallest absolute Gasteiger partial charge is 0.326 e. The molecule has 2 amide bonds. The number of rotatable bonds is 23. The van der Waals surface area contributed by atoms with Crippen LogP contribution in [0.15, 0.2) is 71.2 Å². The first-order chi connectivity index (χ1) is 32.4. The van der Waals surface area contributed by atoms with Crippen molar-refractivity contribution >= 4 is 63.6 Å². The molecule has 22 nitrogen and oxygen atoms in total. The van der Waals surface area contributed by atoms with Gasteiger partial charge < -0.3 is 62.5 Å². The Bertz CT molecular complexity index is 2630. The van der Waals surface area contributed by atoms with Gasteiger partial charge in [0.25, 0.3) is 5.91 Å². The highest BCUT2D eigenvalue weighted by Crippen LogP contribution is 2.24. The Kier molecular flexibility index (Phi) is 16.1. The maximum atomic E-state index is 12.9. The number of nitrogen functional groups attached to an aromatic ring is 1. The summed E-state index contributed by atoms with van der Waals surface area (Å²) in [5, 5.41) is 24.4. The summed E-state index contributed by atoms with van der Waals surface area (Å²) in [5.41, 5.74) is 16.9. The van der Waals surface area contributed by atoms with Crippen LogP contribution in [0.3, 0.4) is 0 Å². The van der Waals surface area contributed by atoms with Crippen LogP contribution in [0.4, 0.5) is 23.1 Å². The number of imidazole rings is 1. The third-order valence-corrected chi connectivity index (χ3v) is 11.2. The number of fused-ring (bicyclic) bond motifs is 2. The fraction of sp³-hybridized carbons (Fsp3) is 0.400. The SMILES string of the molecule is C=C1NC(N)=Nc2ncc(CNc3ccc(C(=O)N[C@@H](CCC(=O)NCCOCCOCC4CCCN(CCNc5ccc(Cn6c(=O)[nH]c7c(N)nc(C)cc76)cn5)C4)C(=O)O)cc3)nc21. The quantitative estimate of drug-likeness (QED) is 0.0423. The van der Waals surface area contributed by atoms with Crippen molar-refractivity contribution in [3.8, 4) is 0 Å². The predicted octanol–water partition coefficient (Wildman–Crippen LogP) is 1.92. The number of aryl methyl sites for hydroxylation is 1. The van der Waals surface area contributed by atoms with E-state index in [1.807, 2.05) is 25.1 Å². The lowest BCUT2D eigenvalue weighted by atomic mass is 9.99. The van der Waals surface area contributed by atoms with Gasteiger partial charge in [0.15, 0.2) is 11.8 Å². The first-order valence-electron chi connectivity index (χ1n) is 22.1. The van der Waals surface area contributed by atoms with E-state index >= 15 is 0 Å². The zero-order valence-corrected chi connectivity index (χ0v) is 37.3. The first kappa shape index (κ1) is 47.5. The van der Waals surface area contributed by atoms with Gasteiger partial charge in [0, 0.05) is 55.7 Å². The number of carboxylic acid groups (broad SMARTS) is 1. The number of aliphatic carboxylic acids is 1. The molecular formula is C45H57N15O7. The number of piperidine rings is 1. The lowest BCUT2D eigenvalue weighted by Gasteiger charge is -2.32. The van der Waals surface area contributed by atoms with Crippen molar-refractivity contribution in [1.82, 2.24) is 50.3 Å². The van der Waals surface area contributed by atoms with Crippen LogP contribution in [0.5, 0.6) is 0 Å². The highest BCUT2D eigenvalue weighted by Gasteiger charge is 2.23. The number of aliphatic imine (C=N–C) groups is 1. The Morgan fingerprint density at radius 2 is 1.84 bits per heavy atom. The number of aromatic amines is 1. The second-order valence-electron chi connectivity index (χ2n) is 16.4. The van der Waals surface area contributed by atoms with Crippen molar-refractivity contribution < 1.29 is 29.0 Å². The van der Waals surface area contributed by atoms with E-state index < -0.39 is 17.9 Å². The molecule has 2 aliphatic rings. The second-order valence-corrected chi connectivity index (χ2v) is 16.4. The molecule has 7 rings (SSSR count). The van der Waals surface area contributed by atoms with Crippen molar-refractivity contribution in [3.05, 3.63) is 100 Å². The normalized spacial score (nSPS) is 15.3. The van der Waals surface area contributed by atoms with E-state index in [-0.39, 0.29) is 49.1 Å². The molecule has 0 aliphatic carbocycles. The van der Waals surface area contributed by atoms with Crippen LogP contribution in [0.2, 0.25) is 0 Å². The van der Waals surface area contributed by atoms with Gasteiger partial charge in [0.2, 0.25) is 5.91 Å². The highest BCUT2D eigenvalue weighted by molar-refractivity contribution is 5.97. The number of carboxylic acids is 1. The molecule has 1 aromatic carbocycles. The molecule has 0 radical (unpaired) electrons. The third kappa shape index (κ3) is 13.3. The predicted molar refractivity (Wildman–Crippen MR) is 253 cm³/mol.